The summed E-state index contributed by atoms with van der Waals surface area (Å²) in [5.74, 6) is 4.12. The molecule has 2 aromatic carbocycles. The second-order valence-electron chi connectivity index (χ2n) is 7.04. The molecule has 3 N–H and O–H groups in total. The number of aliphatic hydroxyl groups excluding tert-OH is 1. The summed E-state index contributed by atoms with van der Waals surface area (Å²) in [6, 6.07) is 9.22. The van der Waals surface area contributed by atoms with Gasteiger partial charge in [-0.3, -0.25) is 0 Å². The fourth-order valence-electron chi connectivity index (χ4n) is 3.31. The third kappa shape index (κ3) is 4.62. The normalized spacial score (nSPS) is 20.0. The van der Waals surface area contributed by atoms with Crippen LogP contribution in [0.15, 0.2) is 47.4 Å². The van der Waals surface area contributed by atoms with E-state index < -0.39 is 28.1 Å². The summed E-state index contributed by atoms with van der Waals surface area (Å²) in [4.78, 5) is 16.1. The Bertz CT molecular complexity index is 1010. The van der Waals surface area contributed by atoms with Crippen molar-refractivity contribution >= 4 is 16.0 Å². The van der Waals surface area contributed by atoms with Gasteiger partial charge in [-0.2, -0.15) is 10.2 Å². The Morgan fingerprint density at radius 2 is 1.93 bits per heavy atom. The number of sulfonamides is 1. The number of hydrogen-bond acceptors (Lipinski definition) is 7. The lowest BCUT2D eigenvalue weighted by atomic mass is 10.0. The van der Waals surface area contributed by atoms with E-state index in [-0.39, 0.29) is 36.7 Å². The summed E-state index contributed by atoms with van der Waals surface area (Å²) in [5.41, 5.74) is 1.16. The average Bonchev–Trinajstić information content (AvgIpc) is 2.74. The fourth-order valence-corrected chi connectivity index (χ4v) is 4.96. The van der Waals surface area contributed by atoms with Crippen LogP contribution in [0.25, 0.3) is 0 Å². The molecule has 2 atom stereocenters. The van der Waals surface area contributed by atoms with Gasteiger partial charge in [0.2, 0.25) is 10.0 Å². The Balaban J connectivity index is 1.76. The van der Waals surface area contributed by atoms with Crippen molar-refractivity contribution in [2.45, 2.75) is 43.4 Å². The van der Waals surface area contributed by atoms with Gasteiger partial charge in [0.1, 0.15) is 24.2 Å². The Kier molecular flexibility index (Phi) is 6.71. The van der Waals surface area contributed by atoms with Gasteiger partial charge in [0.25, 0.3) is 0 Å². The highest BCUT2D eigenvalue weighted by Gasteiger charge is 2.41. The zero-order chi connectivity index (χ0) is 21.9. The van der Waals surface area contributed by atoms with Gasteiger partial charge in [-0.25, -0.2) is 17.6 Å². The smallest absolute Gasteiger partial charge is 0.342 e. The van der Waals surface area contributed by atoms with Gasteiger partial charge in [0, 0.05) is 6.54 Å². The topological polar surface area (TPSA) is 119 Å². The predicted octanol–water partition coefficient (Wildman–Crippen LogP) is 1.64. The summed E-state index contributed by atoms with van der Waals surface area (Å²) < 4.78 is 46.2. The molecule has 2 unspecified atom stereocenters. The number of piperidine rings is 1. The van der Waals surface area contributed by atoms with Crippen molar-refractivity contribution in [3.8, 4) is 5.75 Å². The lowest BCUT2D eigenvalue weighted by Crippen LogP contribution is -2.52. The number of hydrogen-bond donors (Lipinski definition) is 2. The molecule has 0 aromatic heterocycles. The first kappa shape index (κ1) is 22.2. The summed E-state index contributed by atoms with van der Waals surface area (Å²) in [6.07, 6.45) is -0.526. The minimum absolute atomic E-state index is 0.0688. The Morgan fingerprint density at radius 3 is 2.60 bits per heavy atom. The highest BCUT2D eigenvalue weighted by Crippen LogP contribution is 2.27. The van der Waals surface area contributed by atoms with Gasteiger partial charge in [0.05, 0.1) is 11.0 Å². The first-order valence-electron chi connectivity index (χ1n) is 9.31. The van der Waals surface area contributed by atoms with E-state index >= 15 is 0 Å². The number of nitrogens with zero attached hydrogens (tertiary/aromatic N) is 1. The summed E-state index contributed by atoms with van der Waals surface area (Å²) >= 11 is 0. The van der Waals surface area contributed by atoms with E-state index in [0.717, 1.165) is 4.31 Å². The molecule has 8 nitrogen and oxygen atoms in total. The third-order valence-corrected chi connectivity index (χ3v) is 6.99. The Labute approximate surface area is 174 Å². The molecule has 1 fully saturated rings. The van der Waals surface area contributed by atoms with Crippen molar-refractivity contribution in [1.82, 2.24) is 4.31 Å². The van der Waals surface area contributed by atoms with Crippen LogP contribution in [0.5, 0.6) is 5.75 Å². The molecule has 3 rings (SSSR count). The molecule has 1 heterocycles. The number of halogens is 1. The molecule has 1 aliphatic heterocycles. The van der Waals surface area contributed by atoms with E-state index in [1.165, 1.54) is 30.3 Å². The molecular formula is C20H23FN2O6S. The van der Waals surface area contributed by atoms with Crippen LogP contribution in [0, 0.1) is 12.7 Å². The van der Waals surface area contributed by atoms with Crippen molar-refractivity contribution in [3.05, 3.63) is 59.4 Å². The maximum absolute atomic E-state index is 13.6. The second-order valence-corrected chi connectivity index (χ2v) is 8.93. The number of rotatable bonds is 6. The zero-order valence-electron chi connectivity index (χ0n) is 16.3. The SMILES string of the molecule is Cc1c(F)cccc1COc1ccc(S(=O)(=O)N2CC(O)CCC2C(=O)ON)cc1. The molecule has 1 saturated heterocycles. The van der Waals surface area contributed by atoms with Crippen LogP contribution >= 0.6 is 0 Å². The largest absolute Gasteiger partial charge is 0.489 e. The van der Waals surface area contributed by atoms with Crippen LogP contribution in [-0.2, 0) is 26.3 Å². The fraction of sp³-hybridized carbons (Fsp3) is 0.350. The van der Waals surface area contributed by atoms with E-state index in [4.69, 9.17) is 10.6 Å². The molecule has 0 aliphatic carbocycles. The molecule has 0 bridgehead atoms. The van der Waals surface area contributed by atoms with E-state index in [9.17, 15) is 22.7 Å². The molecule has 162 valence electrons. The lowest BCUT2D eigenvalue weighted by Gasteiger charge is -2.34. The Morgan fingerprint density at radius 1 is 1.23 bits per heavy atom. The standard InChI is InChI=1S/C20H23FN2O6S/c1-13-14(3-2-4-18(13)21)12-28-16-6-8-17(9-7-16)30(26,27)23-11-15(24)5-10-19(23)20(25)29-22/h2-4,6-9,15,19,24H,5,10-12,22H2,1H3. The van der Waals surface area contributed by atoms with E-state index in [0.29, 0.717) is 16.9 Å². The summed E-state index contributed by atoms with van der Waals surface area (Å²) in [7, 11) is -4.08. The monoisotopic (exact) mass is 438 g/mol. The van der Waals surface area contributed by atoms with Gasteiger partial charge in [0.15, 0.2) is 0 Å². The van der Waals surface area contributed by atoms with Crippen LogP contribution in [0.2, 0.25) is 0 Å². The van der Waals surface area contributed by atoms with Gasteiger partial charge in [-0.1, -0.05) is 12.1 Å². The molecule has 2 aromatic rings. The van der Waals surface area contributed by atoms with E-state index in [1.807, 2.05) is 0 Å². The number of carbonyl (C=O) groups is 1. The molecule has 0 amide bonds. The Hall–Kier alpha value is -2.53. The van der Waals surface area contributed by atoms with Gasteiger partial charge in [-0.05, 0) is 61.2 Å². The maximum Gasteiger partial charge on any atom is 0.342 e. The van der Waals surface area contributed by atoms with Gasteiger partial charge < -0.3 is 14.7 Å². The summed E-state index contributed by atoms with van der Waals surface area (Å²) in [5, 5.41) is 9.89. The molecule has 0 radical (unpaired) electrons. The molecular weight excluding hydrogens is 415 g/mol. The molecule has 0 spiro atoms. The minimum Gasteiger partial charge on any atom is -0.489 e. The summed E-state index contributed by atoms with van der Waals surface area (Å²) in [6.45, 7) is 1.54. The highest BCUT2D eigenvalue weighted by atomic mass is 32.2. The third-order valence-electron chi connectivity index (χ3n) is 5.10. The number of carbonyl (C=O) groups excluding carboxylic acids is 1. The highest BCUT2D eigenvalue weighted by molar-refractivity contribution is 7.89. The number of benzene rings is 2. The van der Waals surface area contributed by atoms with Crippen LogP contribution < -0.4 is 10.6 Å². The molecule has 0 saturated carbocycles. The first-order valence-corrected chi connectivity index (χ1v) is 10.8. The number of ether oxygens (including phenoxy) is 1. The average molecular weight is 438 g/mol. The molecule has 30 heavy (non-hydrogen) atoms. The number of β-amino-alcohol motifs (C(OH)–C–C–N with tert-alkyl or cyclic N) is 1. The van der Waals surface area contributed by atoms with E-state index in [2.05, 4.69) is 4.84 Å². The molecule has 10 heteroatoms. The second kappa shape index (κ2) is 9.09. The van der Waals surface area contributed by atoms with Crippen molar-refractivity contribution in [1.29, 1.82) is 0 Å². The van der Waals surface area contributed by atoms with Crippen molar-refractivity contribution in [2.24, 2.45) is 5.90 Å². The lowest BCUT2D eigenvalue weighted by molar-refractivity contribution is -0.150. The number of nitrogens with two attached hydrogens (primary N) is 1. The maximum atomic E-state index is 13.6. The van der Waals surface area contributed by atoms with Crippen molar-refractivity contribution < 1.29 is 32.3 Å². The first-order chi connectivity index (χ1) is 14.2. The predicted molar refractivity (Wildman–Crippen MR) is 105 cm³/mol. The van der Waals surface area contributed by atoms with Crippen molar-refractivity contribution in [3.63, 3.8) is 0 Å². The van der Waals surface area contributed by atoms with Crippen molar-refractivity contribution in [2.75, 3.05) is 6.54 Å². The van der Waals surface area contributed by atoms with Gasteiger partial charge in [-0.15, -0.1) is 0 Å². The van der Waals surface area contributed by atoms with Crippen LogP contribution in [0.3, 0.4) is 0 Å². The van der Waals surface area contributed by atoms with Crippen LogP contribution in [0.1, 0.15) is 24.0 Å². The quantitative estimate of drug-likeness (QED) is 0.658. The zero-order valence-corrected chi connectivity index (χ0v) is 17.1. The van der Waals surface area contributed by atoms with E-state index in [1.54, 1.807) is 19.1 Å². The van der Waals surface area contributed by atoms with Gasteiger partial charge >= 0.3 is 5.97 Å². The van der Waals surface area contributed by atoms with Crippen LogP contribution in [0.4, 0.5) is 4.39 Å². The number of aliphatic hydroxyl groups is 1. The van der Waals surface area contributed by atoms with Crippen LogP contribution in [-0.4, -0.2) is 42.5 Å². The molecule has 1 aliphatic rings. The minimum atomic E-state index is -4.08.